The van der Waals surface area contributed by atoms with E-state index in [1.807, 2.05) is 55.5 Å². The summed E-state index contributed by atoms with van der Waals surface area (Å²) in [6, 6.07) is 24.8. The highest BCUT2D eigenvalue weighted by Crippen LogP contribution is 2.38. The van der Waals surface area contributed by atoms with Gasteiger partial charge in [-0.25, -0.2) is 9.79 Å². The third-order valence-corrected chi connectivity index (χ3v) is 8.98. The molecule has 0 amide bonds. The summed E-state index contributed by atoms with van der Waals surface area (Å²) in [6.07, 6.45) is 1.75. The Morgan fingerprint density at radius 2 is 1.80 bits per heavy atom. The highest BCUT2D eigenvalue weighted by Gasteiger charge is 2.33. The molecule has 4 aromatic carbocycles. The van der Waals surface area contributed by atoms with E-state index in [-0.39, 0.29) is 12.2 Å². The fourth-order valence-corrected chi connectivity index (χ4v) is 6.86. The van der Waals surface area contributed by atoms with Crippen LogP contribution in [0.3, 0.4) is 0 Å². The van der Waals surface area contributed by atoms with E-state index in [4.69, 9.17) is 25.8 Å². The standard InChI is InChI=1S/C36H31ClN2O5S/c1-5-43-35(41)31-22(3)38-36-39(32(31)25-15-13-21(2)14-16-25)34(40)30(45-36)19-23-17-28(37)33(29(18-23)42-4)44-20-26-11-8-10-24-9-6-7-12-27(24)26/h6-19,32H,5,20H2,1-4H3/b30-19+/t32-/m1/s1. The van der Waals surface area contributed by atoms with Crippen molar-refractivity contribution in [2.45, 2.75) is 33.4 Å². The van der Waals surface area contributed by atoms with Crippen LogP contribution in [0.1, 0.15) is 42.1 Å². The second-order valence-corrected chi connectivity index (χ2v) is 12.1. The van der Waals surface area contributed by atoms with Crippen LogP contribution in [0.5, 0.6) is 11.5 Å². The van der Waals surface area contributed by atoms with Crippen molar-refractivity contribution in [3.8, 4) is 11.5 Å². The number of carbonyl (C=O) groups excluding carboxylic acids is 1. The van der Waals surface area contributed by atoms with Gasteiger partial charge < -0.3 is 14.2 Å². The van der Waals surface area contributed by atoms with Gasteiger partial charge >= 0.3 is 5.97 Å². The van der Waals surface area contributed by atoms with Crippen molar-refractivity contribution in [2.75, 3.05) is 13.7 Å². The van der Waals surface area contributed by atoms with E-state index < -0.39 is 12.0 Å². The number of hydrogen-bond acceptors (Lipinski definition) is 7. The molecule has 1 aliphatic heterocycles. The normalized spacial score (nSPS) is 14.7. The van der Waals surface area contributed by atoms with Gasteiger partial charge in [-0.05, 0) is 66.4 Å². The van der Waals surface area contributed by atoms with Crippen LogP contribution in [-0.4, -0.2) is 24.3 Å². The fraction of sp³-hybridized carbons (Fsp3) is 0.194. The zero-order chi connectivity index (χ0) is 31.7. The molecule has 0 N–H and O–H groups in total. The van der Waals surface area contributed by atoms with Crippen LogP contribution < -0.4 is 24.4 Å². The first-order chi connectivity index (χ1) is 21.8. The smallest absolute Gasteiger partial charge is 0.338 e. The zero-order valence-electron chi connectivity index (χ0n) is 25.3. The third kappa shape index (κ3) is 5.91. The molecule has 0 unspecified atom stereocenters. The highest BCUT2D eigenvalue weighted by atomic mass is 35.5. The maximum absolute atomic E-state index is 14.0. The number of aryl methyl sites for hydroxylation is 1. The van der Waals surface area contributed by atoms with Crippen LogP contribution >= 0.6 is 22.9 Å². The second-order valence-electron chi connectivity index (χ2n) is 10.7. The van der Waals surface area contributed by atoms with Gasteiger partial charge in [-0.3, -0.25) is 9.36 Å². The minimum Gasteiger partial charge on any atom is -0.493 e. The summed E-state index contributed by atoms with van der Waals surface area (Å²) in [7, 11) is 1.55. The molecule has 1 aliphatic rings. The average Bonchev–Trinajstić information content (AvgIpc) is 3.33. The van der Waals surface area contributed by atoms with Crippen LogP contribution in [0.25, 0.3) is 16.8 Å². The number of benzene rings is 4. The summed E-state index contributed by atoms with van der Waals surface area (Å²) < 4.78 is 19.2. The molecule has 0 radical (unpaired) electrons. The van der Waals surface area contributed by atoms with Crippen molar-refractivity contribution < 1.29 is 19.0 Å². The van der Waals surface area contributed by atoms with Gasteiger partial charge in [0.1, 0.15) is 6.61 Å². The molecule has 0 saturated carbocycles. The minimum atomic E-state index is -0.675. The van der Waals surface area contributed by atoms with Crippen molar-refractivity contribution in [3.63, 3.8) is 0 Å². The van der Waals surface area contributed by atoms with Gasteiger partial charge in [-0.1, -0.05) is 95.2 Å². The Labute approximate surface area is 269 Å². The number of rotatable bonds is 8. The Morgan fingerprint density at radius 3 is 2.56 bits per heavy atom. The summed E-state index contributed by atoms with van der Waals surface area (Å²) in [5.41, 5.74) is 4.14. The highest BCUT2D eigenvalue weighted by molar-refractivity contribution is 7.07. The lowest BCUT2D eigenvalue weighted by molar-refractivity contribution is -0.139. The van der Waals surface area contributed by atoms with Gasteiger partial charge in [-0.15, -0.1) is 0 Å². The lowest BCUT2D eigenvalue weighted by atomic mass is 9.95. The van der Waals surface area contributed by atoms with Crippen molar-refractivity contribution in [1.82, 2.24) is 4.57 Å². The van der Waals surface area contributed by atoms with Gasteiger partial charge in [0.05, 0.1) is 40.6 Å². The average molecular weight is 639 g/mol. The summed E-state index contributed by atoms with van der Waals surface area (Å²) in [5.74, 6) is 0.369. The number of ether oxygens (including phenoxy) is 3. The van der Waals surface area contributed by atoms with Gasteiger partial charge in [0.15, 0.2) is 16.3 Å². The van der Waals surface area contributed by atoms with Crippen molar-refractivity contribution in [2.24, 2.45) is 4.99 Å². The zero-order valence-corrected chi connectivity index (χ0v) is 26.9. The first kappa shape index (κ1) is 30.4. The molecule has 45 heavy (non-hydrogen) atoms. The Balaban J connectivity index is 1.39. The monoisotopic (exact) mass is 638 g/mol. The van der Waals surface area contributed by atoms with Gasteiger partial charge in [0.25, 0.3) is 5.56 Å². The maximum Gasteiger partial charge on any atom is 0.338 e. The van der Waals surface area contributed by atoms with Crippen LogP contribution in [0.2, 0.25) is 5.02 Å². The van der Waals surface area contributed by atoms with Crippen LogP contribution in [0.4, 0.5) is 0 Å². The molecule has 0 saturated heterocycles. The molecule has 6 rings (SSSR count). The van der Waals surface area contributed by atoms with Crippen LogP contribution in [0, 0.1) is 6.92 Å². The summed E-state index contributed by atoms with van der Waals surface area (Å²) >= 11 is 7.99. The molecule has 9 heteroatoms. The molecule has 7 nitrogen and oxygen atoms in total. The van der Waals surface area contributed by atoms with Gasteiger partial charge in [0, 0.05) is 0 Å². The molecule has 1 atom stereocenters. The van der Waals surface area contributed by atoms with E-state index in [2.05, 4.69) is 23.2 Å². The number of aromatic nitrogens is 1. The molecule has 0 aliphatic carbocycles. The summed E-state index contributed by atoms with van der Waals surface area (Å²) in [4.78, 5) is 32.3. The topological polar surface area (TPSA) is 79.1 Å². The number of thiazole rings is 1. The number of halogens is 1. The molecule has 0 spiro atoms. The molecular formula is C36H31ClN2O5S. The van der Waals surface area contributed by atoms with E-state index >= 15 is 0 Å². The molecule has 0 bridgehead atoms. The predicted octanol–water partition coefficient (Wildman–Crippen LogP) is 6.50. The van der Waals surface area contributed by atoms with E-state index in [1.54, 1.807) is 43.7 Å². The van der Waals surface area contributed by atoms with E-state index in [1.165, 1.54) is 11.3 Å². The largest absolute Gasteiger partial charge is 0.493 e. The van der Waals surface area contributed by atoms with Gasteiger partial charge in [0.2, 0.25) is 0 Å². The second kappa shape index (κ2) is 12.8. The fourth-order valence-electron chi connectivity index (χ4n) is 5.54. The minimum absolute atomic E-state index is 0.213. The molecule has 5 aromatic rings. The Hall–Kier alpha value is -4.66. The Kier molecular flexibility index (Phi) is 8.61. The number of methoxy groups -OCH3 is 1. The molecule has 2 heterocycles. The van der Waals surface area contributed by atoms with E-state index in [0.29, 0.717) is 49.3 Å². The van der Waals surface area contributed by atoms with Crippen LogP contribution in [-0.2, 0) is 16.1 Å². The number of hydrogen-bond donors (Lipinski definition) is 0. The molecule has 0 fully saturated rings. The Morgan fingerprint density at radius 1 is 1.04 bits per heavy atom. The number of fused-ring (bicyclic) bond motifs is 2. The maximum atomic E-state index is 14.0. The lowest BCUT2D eigenvalue weighted by Gasteiger charge is -2.24. The lowest BCUT2D eigenvalue weighted by Crippen LogP contribution is -2.39. The number of carbonyl (C=O) groups is 1. The van der Waals surface area contributed by atoms with Crippen molar-refractivity contribution >= 4 is 45.8 Å². The molecule has 228 valence electrons. The predicted molar refractivity (Wildman–Crippen MR) is 178 cm³/mol. The third-order valence-electron chi connectivity index (χ3n) is 7.71. The summed E-state index contributed by atoms with van der Waals surface area (Å²) in [6.45, 7) is 6.03. The molecular weight excluding hydrogens is 608 g/mol. The van der Waals surface area contributed by atoms with Crippen molar-refractivity contribution in [3.05, 3.63) is 137 Å². The first-order valence-corrected chi connectivity index (χ1v) is 15.7. The number of allylic oxidation sites excluding steroid dienone is 1. The quantitative estimate of drug-likeness (QED) is 0.181. The Bertz CT molecular complexity index is 2140. The summed E-state index contributed by atoms with van der Waals surface area (Å²) in [5, 5.41) is 2.58. The van der Waals surface area contributed by atoms with Gasteiger partial charge in [-0.2, -0.15) is 0 Å². The number of esters is 1. The van der Waals surface area contributed by atoms with E-state index in [0.717, 1.165) is 27.5 Å². The number of nitrogens with zero attached hydrogens (tertiary/aromatic N) is 2. The SMILES string of the molecule is CCOC(=O)C1=C(C)N=c2s/c(=C/c3cc(Cl)c(OCc4cccc5ccccc45)c(OC)c3)c(=O)n2[C@@H]1c1ccc(C)cc1. The van der Waals surface area contributed by atoms with Crippen molar-refractivity contribution in [1.29, 1.82) is 0 Å². The molecule has 1 aromatic heterocycles. The van der Waals surface area contributed by atoms with E-state index in [9.17, 15) is 9.59 Å². The first-order valence-electron chi connectivity index (χ1n) is 14.5. The van der Waals surface area contributed by atoms with Crippen LogP contribution in [0.15, 0.2) is 99.9 Å².